The number of nitriles is 1. The summed E-state index contributed by atoms with van der Waals surface area (Å²) in [5.41, 5.74) is -1.27. The highest BCUT2D eigenvalue weighted by molar-refractivity contribution is 7.90. The smallest absolute Gasteiger partial charge is 0.329 e. The Hall–Kier alpha value is -6.04. The maximum atomic E-state index is 16.5. The number of nitrogens with one attached hydrogen (secondary N) is 2. The Labute approximate surface area is 355 Å². The number of alkyl halides is 1. The zero-order valence-corrected chi connectivity index (χ0v) is 35.1. The molecule has 2 aliphatic heterocycles. The van der Waals surface area contributed by atoms with Gasteiger partial charge in [0.15, 0.2) is 17.4 Å². The number of imide groups is 1. The highest BCUT2D eigenvalue weighted by atomic mass is 32.2. The van der Waals surface area contributed by atoms with Gasteiger partial charge < -0.3 is 9.64 Å². The van der Waals surface area contributed by atoms with E-state index in [1.807, 2.05) is 0 Å². The molecule has 3 aromatic carbocycles. The first-order valence-electron chi connectivity index (χ1n) is 20.4. The summed E-state index contributed by atoms with van der Waals surface area (Å²) in [7, 11) is -0.971. The first-order chi connectivity index (χ1) is 29.6. The summed E-state index contributed by atoms with van der Waals surface area (Å²) in [6.45, 7) is 2.64. The van der Waals surface area contributed by atoms with Crippen molar-refractivity contribution in [3.8, 4) is 17.6 Å². The van der Waals surface area contributed by atoms with Crippen LogP contribution in [-0.2, 0) is 28.6 Å². The van der Waals surface area contributed by atoms with Crippen LogP contribution in [0.5, 0.6) is 11.5 Å². The number of hydrogen-bond acceptors (Lipinski definition) is 10. The molecule has 3 amide bonds. The molecule has 16 nitrogen and oxygen atoms in total. The lowest BCUT2D eigenvalue weighted by Crippen LogP contribution is -2.49. The average molecular weight is 875 g/mol. The summed E-state index contributed by atoms with van der Waals surface area (Å²) in [6, 6.07) is 10.9. The SMILES string of the molecule is CCN(C)S(=O)(=O)Nc1ccc(F)c(Oc2ccc3ncn(CC4(F)CCN(C5CCC(c6cc7c(cc6F)c(N6CCC(=O)NC6=O)nn7C)CC5)CC4)c(=O)c3c2)c1C#N. The van der Waals surface area contributed by atoms with Crippen molar-refractivity contribution in [1.82, 2.24) is 33.9 Å². The van der Waals surface area contributed by atoms with Crippen molar-refractivity contribution in [2.24, 2.45) is 7.05 Å². The van der Waals surface area contributed by atoms with Crippen LogP contribution in [0, 0.1) is 23.0 Å². The number of benzene rings is 3. The lowest BCUT2D eigenvalue weighted by molar-refractivity contribution is -0.120. The Morgan fingerprint density at radius 3 is 2.45 bits per heavy atom. The number of amides is 3. The molecule has 5 aromatic rings. The van der Waals surface area contributed by atoms with Crippen LogP contribution < -0.4 is 25.2 Å². The summed E-state index contributed by atoms with van der Waals surface area (Å²) in [6.07, 6.45) is 4.86. The van der Waals surface area contributed by atoms with Gasteiger partial charge in [0.1, 0.15) is 28.9 Å². The fourth-order valence-corrected chi connectivity index (χ4v) is 9.67. The van der Waals surface area contributed by atoms with Gasteiger partial charge in [0.2, 0.25) is 5.91 Å². The number of piperidine rings is 1. The number of aryl methyl sites for hydroxylation is 1. The predicted molar refractivity (Wildman–Crippen MR) is 224 cm³/mol. The molecule has 3 fully saturated rings. The van der Waals surface area contributed by atoms with Crippen LogP contribution in [-0.4, -0.2) is 93.8 Å². The molecule has 2 saturated heterocycles. The Morgan fingerprint density at radius 2 is 1.76 bits per heavy atom. The number of likely N-dealkylation sites (tertiary alicyclic amines) is 1. The highest BCUT2D eigenvalue weighted by Crippen LogP contribution is 2.41. The van der Waals surface area contributed by atoms with Gasteiger partial charge in [-0.25, -0.2) is 22.9 Å². The summed E-state index contributed by atoms with van der Waals surface area (Å²) < 4.78 is 84.5. The third-order valence-electron chi connectivity index (χ3n) is 12.4. The summed E-state index contributed by atoms with van der Waals surface area (Å²) in [5.74, 6) is -1.97. The number of ether oxygens (including phenoxy) is 1. The van der Waals surface area contributed by atoms with Gasteiger partial charge in [-0.3, -0.25) is 33.8 Å². The molecule has 4 heterocycles. The van der Waals surface area contributed by atoms with E-state index in [9.17, 15) is 28.1 Å². The topological polar surface area (TPSA) is 188 Å². The van der Waals surface area contributed by atoms with Gasteiger partial charge in [-0.15, -0.1) is 0 Å². The third-order valence-corrected chi connectivity index (χ3v) is 13.9. The van der Waals surface area contributed by atoms with Crippen LogP contribution in [0.15, 0.2) is 53.6 Å². The van der Waals surface area contributed by atoms with E-state index in [1.54, 1.807) is 30.8 Å². The predicted octanol–water partition coefficient (Wildman–Crippen LogP) is 5.81. The van der Waals surface area contributed by atoms with Gasteiger partial charge >= 0.3 is 16.2 Å². The standard InChI is InChI=1S/C42H45F3N10O6S/c1-4-51(2)62(59,60)50-35-12-10-32(43)38(31(35)22-46)61-27-9-11-34-29(19-27)40(57)54(24-47-34)23-42(45)14-17-53(18-15-42)26-7-5-25(6-8-26)28-21-36-30(20-33(28)44)39(49-52(36)3)55-16-13-37(56)48-41(55)58/h9-12,19-21,24-26,50H,4-8,13-18,23H2,1-3H3,(H,48,56,58). The van der Waals surface area contributed by atoms with Gasteiger partial charge in [-0.1, -0.05) is 6.92 Å². The van der Waals surface area contributed by atoms with Crippen LogP contribution in [0.25, 0.3) is 21.8 Å². The van der Waals surface area contributed by atoms with E-state index in [-0.39, 0.29) is 84.9 Å². The number of carbonyl (C=O) groups is 2. The van der Waals surface area contributed by atoms with Crippen molar-refractivity contribution in [3.63, 3.8) is 0 Å². The molecule has 62 heavy (non-hydrogen) atoms. The van der Waals surface area contributed by atoms with Crippen LogP contribution in [0.3, 0.4) is 0 Å². The second kappa shape index (κ2) is 16.7. The third kappa shape index (κ3) is 8.19. The van der Waals surface area contributed by atoms with E-state index in [4.69, 9.17) is 4.74 Å². The van der Waals surface area contributed by atoms with Crippen molar-refractivity contribution in [2.45, 2.75) is 76.0 Å². The lowest BCUT2D eigenvalue weighted by Gasteiger charge is -2.43. The van der Waals surface area contributed by atoms with Crippen LogP contribution >= 0.6 is 0 Å². The quantitative estimate of drug-likeness (QED) is 0.164. The van der Waals surface area contributed by atoms with Crippen molar-refractivity contribution in [3.05, 3.63) is 81.9 Å². The van der Waals surface area contributed by atoms with Gasteiger partial charge in [0.25, 0.3) is 5.56 Å². The maximum Gasteiger partial charge on any atom is 0.329 e. The molecule has 326 valence electrons. The highest BCUT2D eigenvalue weighted by Gasteiger charge is 2.39. The van der Waals surface area contributed by atoms with E-state index in [0.29, 0.717) is 35.4 Å². The minimum absolute atomic E-state index is 0.0226. The molecule has 1 aliphatic carbocycles. The van der Waals surface area contributed by atoms with Crippen LogP contribution in [0.1, 0.15) is 68.9 Å². The fraction of sp³-hybridized carbons (Fsp3) is 0.429. The van der Waals surface area contributed by atoms with Gasteiger partial charge in [0.05, 0.1) is 35.0 Å². The Balaban J connectivity index is 0.908. The minimum atomic E-state index is -4.05. The molecule has 0 bridgehead atoms. The lowest BCUT2D eigenvalue weighted by atomic mass is 9.80. The van der Waals surface area contributed by atoms with E-state index < -0.39 is 44.6 Å². The van der Waals surface area contributed by atoms with Crippen LogP contribution in [0.4, 0.5) is 29.5 Å². The maximum absolute atomic E-state index is 16.5. The number of rotatable bonds is 11. The number of carbonyl (C=O) groups excluding carboxylic acids is 2. The number of fused-ring (bicyclic) bond motifs is 2. The van der Waals surface area contributed by atoms with Crippen molar-refractivity contribution >= 4 is 55.5 Å². The second-order valence-electron chi connectivity index (χ2n) is 16.2. The normalized spacial score (nSPS) is 19.8. The van der Waals surface area contributed by atoms with E-state index in [1.165, 1.54) is 47.1 Å². The first-order valence-corrected chi connectivity index (χ1v) is 21.9. The summed E-state index contributed by atoms with van der Waals surface area (Å²) in [4.78, 5) is 45.9. The number of halogens is 3. The molecule has 3 aliphatic rings. The monoisotopic (exact) mass is 874 g/mol. The van der Waals surface area contributed by atoms with Gasteiger partial charge in [-0.05, 0) is 92.5 Å². The minimum Gasteiger partial charge on any atom is -0.453 e. The van der Waals surface area contributed by atoms with Crippen molar-refractivity contribution < 1.29 is 35.9 Å². The van der Waals surface area contributed by atoms with E-state index >= 15 is 13.2 Å². The molecule has 1 saturated carbocycles. The molecule has 0 atom stereocenters. The zero-order chi connectivity index (χ0) is 44.1. The molecule has 0 radical (unpaired) electrons. The van der Waals surface area contributed by atoms with Gasteiger partial charge in [-0.2, -0.15) is 23.1 Å². The second-order valence-corrected chi connectivity index (χ2v) is 18.0. The molecule has 2 N–H and O–H groups in total. The number of anilines is 2. The van der Waals surface area contributed by atoms with E-state index in [0.717, 1.165) is 42.1 Å². The van der Waals surface area contributed by atoms with Crippen molar-refractivity contribution in [2.75, 3.05) is 42.8 Å². The zero-order valence-electron chi connectivity index (χ0n) is 34.3. The van der Waals surface area contributed by atoms with Crippen molar-refractivity contribution in [1.29, 1.82) is 5.26 Å². The number of nitrogens with zero attached hydrogens (tertiary/aromatic N) is 8. The fourth-order valence-electron chi connectivity index (χ4n) is 8.73. The molecular weight excluding hydrogens is 830 g/mol. The Morgan fingerprint density at radius 1 is 1.02 bits per heavy atom. The number of urea groups is 1. The average Bonchev–Trinajstić information content (AvgIpc) is 3.56. The molecule has 2 aromatic heterocycles. The molecule has 20 heteroatoms. The largest absolute Gasteiger partial charge is 0.453 e. The molecule has 0 unspecified atom stereocenters. The van der Waals surface area contributed by atoms with E-state index in [2.05, 4.69) is 25.0 Å². The molecule has 0 spiro atoms. The Bertz CT molecular complexity index is 2810. The summed E-state index contributed by atoms with van der Waals surface area (Å²) >= 11 is 0. The van der Waals surface area contributed by atoms with Crippen LogP contribution in [0.2, 0.25) is 0 Å². The summed E-state index contributed by atoms with van der Waals surface area (Å²) in [5, 5.41) is 17.2. The number of hydrogen-bond donors (Lipinski definition) is 2. The first kappa shape index (κ1) is 42.6. The number of aromatic nitrogens is 4. The Kier molecular flexibility index (Phi) is 11.5. The molecule has 8 rings (SSSR count). The molecular formula is C42H45F3N10O6S. The van der Waals surface area contributed by atoms with Gasteiger partial charge in [0, 0.05) is 58.1 Å².